The van der Waals surface area contributed by atoms with E-state index in [1.807, 2.05) is 0 Å². The standard InChI is InChI=1S/C22H24F2N6O3/c1-2-33-20(31)18-17(13-29-8-10-30(11-9-29)21-25-6-3-7-26-21)27-22(32)28-19(18)14-4-5-15(23)16(24)12-14/h3-7,12,19H,2,8-11,13H2,1H3,(H2,27,28,32). The zero-order valence-corrected chi connectivity index (χ0v) is 18.1. The number of esters is 1. The van der Waals surface area contributed by atoms with Crippen LogP contribution in [-0.4, -0.2) is 66.2 Å². The second kappa shape index (κ2) is 9.90. The Hall–Kier alpha value is -3.60. The summed E-state index contributed by atoms with van der Waals surface area (Å²) >= 11 is 0. The molecule has 1 aromatic heterocycles. The van der Waals surface area contributed by atoms with Crippen molar-refractivity contribution in [2.24, 2.45) is 0 Å². The second-order valence-corrected chi connectivity index (χ2v) is 7.63. The van der Waals surface area contributed by atoms with E-state index in [9.17, 15) is 18.4 Å². The van der Waals surface area contributed by atoms with E-state index in [4.69, 9.17) is 4.74 Å². The molecule has 9 nitrogen and oxygen atoms in total. The molecule has 1 saturated heterocycles. The van der Waals surface area contributed by atoms with Gasteiger partial charge in [-0.05, 0) is 30.7 Å². The van der Waals surface area contributed by atoms with E-state index < -0.39 is 29.7 Å². The zero-order valence-electron chi connectivity index (χ0n) is 18.1. The number of hydrogen-bond donors (Lipinski definition) is 2. The van der Waals surface area contributed by atoms with Crippen LogP contribution in [0.1, 0.15) is 18.5 Å². The van der Waals surface area contributed by atoms with Crippen LogP contribution in [0.15, 0.2) is 47.9 Å². The van der Waals surface area contributed by atoms with Crippen LogP contribution in [0.5, 0.6) is 0 Å². The Morgan fingerprint density at radius 2 is 1.88 bits per heavy atom. The third-order valence-corrected chi connectivity index (χ3v) is 5.51. The fourth-order valence-corrected chi connectivity index (χ4v) is 3.92. The minimum absolute atomic E-state index is 0.129. The van der Waals surface area contributed by atoms with Crippen molar-refractivity contribution in [2.45, 2.75) is 13.0 Å². The van der Waals surface area contributed by atoms with E-state index in [-0.39, 0.29) is 24.3 Å². The fourth-order valence-electron chi connectivity index (χ4n) is 3.92. The molecule has 0 bridgehead atoms. The summed E-state index contributed by atoms with van der Waals surface area (Å²) < 4.78 is 32.6. The Morgan fingerprint density at radius 3 is 2.55 bits per heavy atom. The van der Waals surface area contributed by atoms with Gasteiger partial charge < -0.3 is 20.3 Å². The van der Waals surface area contributed by atoms with Crippen LogP contribution in [0.25, 0.3) is 0 Å². The van der Waals surface area contributed by atoms with Gasteiger partial charge in [-0.2, -0.15) is 0 Å². The number of amides is 2. The normalized spacial score (nSPS) is 19.2. The number of nitrogens with zero attached hydrogens (tertiary/aromatic N) is 4. The molecule has 0 spiro atoms. The first kappa shape index (κ1) is 22.6. The number of rotatable bonds is 6. The lowest BCUT2D eigenvalue weighted by atomic mass is 9.94. The van der Waals surface area contributed by atoms with Crippen LogP contribution in [0.4, 0.5) is 19.5 Å². The van der Waals surface area contributed by atoms with Crippen molar-refractivity contribution in [2.75, 3.05) is 44.2 Å². The highest BCUT2D eigenvalue weighted by atomic mass is 19.2. The first-order chi connectivity index (χ1) is 16.0. The molecule has 0 saturated carbocycles. The molecule has 1 fully saturated rings. The van der Waals surface area contributed by atoms with Crippen molar-refractivity contribution >= 4 is 17.9 Å². The lowest BCUT2D eigenvalue weighted by molar-refractivity contribution is -0.139. The molecule has 33 heavy (non-hydrogen) atoms. The number of nitrogens with one attached hydrogen (secondary N) is 2. The van der Waals surface area contributed by atoms with Crippen molar-refractivity contribution in [3.63, 3.8) is 0 Å². The molecule has 4 rings (SSSR count). The lowest BCUT2D eigenvalue weighted by Gasteiger charge is -2.37. The number of halogens is 2. The molecule has 2 aromatic rings. The van der Waals surface area contributed by atoms with Gasteiger partial charge in [-0.3, -0.25) is 4.90 Å². The van der Waals surface area contributed by atoms with E-state index in [1.54, 1.807) is 25.4 Å². The van der Waals surface area contributed by atoms with E-state index in [0.29, 0.717) is 37.8 Å². The minimum Gasteiger partial charge on any atom is -0.463 e. The van der Waals surface area contributed by atoms with Crippen LogP contribution in [0, 0.1) is 11.6 Å². The summed E-state index contributed by atoms with van der Waals surface area (Å²) in [6.45, 7) is 4.73. The van der Waals surface area contributed by atoms with Gasteiger partial charge in [0.25, 0.3) is 0 Å². The van der Waals surface area contributed by atoms with E-state index >= 15 is 0 Å². The summed E-state index contributed by atoms with van der Waals surface area (Å²) in [5, 5.41) is 5.33. The van der Waals surface area contributed by atoms with E-state index in [2.05, 4.69) is 30.4 Å². The summed E-state index contributed by atoms with van der Waals surface area (Å²) in [7, 11) is 0. The minimum atomic E-state index is -1.07. The Labute approximate surface area is 189 Å². The molecule has 2 aliphatic rings. The summed E-state index contributed by atoms with van der Waals surface area (Å²) in [6.07, 6.45) is 3.38. The molecule has 0 aliphatic carbocycles. The van der Waals surface area contributed by atoms with Gasteiger partial charge in [-0.1, -0.05) is 6.07 Å². The molecule has 174 valence electrons. The number of aromatic nitrogens is 2. The van der Waals surface area contributed by atoms with Gasteiger partial charge in [0.15, 0.2) is 11.6 Å². The lowest BCUT2D eigenvalue weighted by Crippen LogP contribution is -2.52. The summed E-state index contributed by atoms with van der Waals surface area (Å²) in [6, 6.07) is 3.52. The molecule has 1 unspecified atom stereocenters. The molecule has 11 heteroatoms. The Kier molecular flexibility index (Phi) is 6.78. The van der Waals surface area contributed by atoms with Crippen molar-refractivity contribution in [3.8, 4) is 0 Å². The number of urea groups is 1. The SMILES string of the molecule is CCOC(=O)C1=C(CN2CCN(c3ncccn3)CC2)NC(=O)NC1c1ccc(F)c(F)c1. The largest absolute Gasteiger partial charge is 0.463 e. The smallest absolute Gasteiger partial charge is 0.338 e. The fraction of sp³-hybridized carbons (Fsp3) is 0.364. The van der Waals surface area contributed by atoms with Crippen LogP contribution in [-0.2, 0) is 9.53 Å². The molecule has 2 amide bonds. The molecule has 2 aliphatic heterocycles. The number of piperazine rings is 1. The van der Waals surface area contributed by atoms with Gasteiger partial charge in [-0.25, -0.2) is 28.3 Å². The number of carbonyl (C=O) groups excluding carboxylic acids is 2. The highest BCUT2D eigenvalue weighted by Gasteiger charge is 2.35. The maximum Gasteiger partial charge on any atom is 0.338 e. The molecule has 1 atom stereocenters. The van der Waals surface area contributed by atoms with Crippen LogP contribution in [0.3, 0.4) is 0 Å². The number of ether oxygens (including phenoxy) is 1. The quantitative estimate of drug-likeness (QED) is 0.637. The van der Waals surface area contributed by atoms with Crippen LogP contribution >= 0.6 is 0 Å². The molecular weight excluding hydrogens is 434 g/mol. The van der Waals surface area contributed by atoms with Crippen molar-refractivity contribution in [1.29, 1.82) is 0 Å². The maximum absolute atomic E-state index is 13.9. The first-order valence-electron chi connectivity index (χ1n) is 10.6. The second-order valence-electron chi connectivity index (χ2n) is 7.63. The predicted molar refractivity (Wildman–Crippen MR) is 115 cm³/mol. The topological polar surface area (TPSA) is 99.7 Å². The average Bonchev–Trinajstić information content (AvgIpc) is 2.81. The average molecular weight is 458 g/mol. The Bertz CT molecular complexity index is 1060. The molecular formula is C22H24F2N6O3. The predicted octanol–water partition coefficient (Wildman–Crippen LogP) is 1.75. The first-order valence-corrected chi connectivity index (χ1v) is 10.6. The van der Waals surface area contributed by atoms with E-state index in [0.717, 1.165) is 12.1 Å². The van der Waals surface area contributed by atoms with Crippen LogP contribution in [0.2, 0.25) is 0 Å². The summed E-state index contributed by atoms with van der Waals surface area (Å²) in [5.74, 6) is -2.06. The highest BCUT2D eigenvalue weighted by molar-refractivity contribution is 5.95. The highest BCUT2D eigenvalue weighted by Crippen LogP contribution is 2.29. The monoisotopic (exact) mass is 458 g/mol. The molecule has 3 heterocycles. The number of carbonyl (C=O) groups is 2. The zero-order chi connectivity index (χ0) is 23.4. The summed E-state index contributed by atoms with van der Waals surface area (Å²) in [4.78, 5) is 37.9. The van der Waals surface area contributed by atoms with Gasteiger partial charge in [0.1, 0.15) is 0 Å². The van der Waals surface area contributed by atoms with Gasteiger partial charge in [0.05, 0.1) is 18.2 Å². The van der Waals surface area contributed by atoms with Gasteiger partial charge in [-0.15, -0.1) is 0 Å². The number of hydrogen-bond acceptors (Lipinski definition) is 7. The van der Waals surface area contributed by atoms with Crippen molar-refractivity contribution < 1.29 is 23.1 Å². The molecule has 0 radical (unpaired) electrons. The number of anilines is 1. The third kappa shape index (κ3) is 5.08. The van der Waals surface area contributed by atoms with E-state index in [1.165, 1.54) is 6.07 Å². The van der Waals surface area contributed by atoms with Crippen molar-refractivity contribution in [1.82, 2.24) is 25.5 Å². The maximum atomic E-state index is 13.9. The third-order valence-electron chi connectivity index (χ3n) is 5.51. The molecule has 1 aromatic carbocycles. The van der Waals surface area contributed by atoms with Crippen LogP contribution < -0.4 is 15.5 Å². The van der Waals surface area contributed by atoms with Gasteiger partial charge >= 0.3 is 12.0 Å². The Morgan fingerprint density at radius 1 is 1.15 bits per heavy atom. The van der Waals surface area contributed by atoms with Crippen molar-refractivity contribution in [3.05, 3.63) is 65.1 Å². The number of benzene rings is 1. The van der Waals surface area contributed by atoms with Gasteiger partial charge in [0, 0.05) is 50.8 Å². The van der Waals surface area contributed by atoms with Gasteiger partial charge in [0.2, 0.25) is 5.95 Å². The Balaban J connectivity index is 1.58. The molecule has 2 N–H and O–H groups in total. The summed E-state index contributed by atoms with van der Waals surface area (Å²) in [5.41, 5.74) is 0.781.